The molecule has 0 aliphatic rings. The summed E-state index contributed by atoms with van der Waals surface area (Å²) < 4.78 is 19.6. The minimum absolute atomic E-state index is 0.104. The number of nitrogens with two attached hydrogens (primary N) is 1. The lowest BCUT2D eigenvalue weighted by Gasteiger charge is -2.07. The average molecular weight is 300 g/mol. The summed E-state index contributed by atoms with van der Waals surface area (Å²) in [6.07, 6.45) is 1.43. The van der Waals surface area contributed by atoms with Gasteiger partial charge in [0.05, 0.1) is 17.8 Å². The van der Waals surface area contributed by atoms with Gasteiger partial charge in [0.2, 0.25) is 0 Å². The van der Waals surface area contributed by atoms with E-state index in [4.69, 9.17) is 22.2 Å². The van der Waals surface area contributed by atoms with Gasteiger partial charge in [-0.1, -0.05) is 16.8 Å². The molecule has 1 heterocycles. The summed E-state index contributed by atoms with van der Waals surface area (Å²) in [6, 6.07) is 3.85. The topological polar surface area (TPSA) is 95.1 Å². The number of ether oxygens (including phenoxy) is 1. The van der Waals surface area contributed by atoms with Crippen molar-refractivity contribution in [2.45, 2.75) is 6.54 Å². The molecule has 106 valence electrons. The molecule has 0 atom stereocenters. The first-order valence-electron chi connectivity index (χ1n) is 5.59. The maximum Gasteiger partial charge on any atom is 0.287 e. The van der Waals surface area contributed by atoms with Gasteiger partial charge in [-0.3, -0.25) is 10.2 Å². The Bertz CT molecular complexity index is 619. The van der Waals surface area contributed by atoms with Crippen molar-refractivity contribution in [3.63, 3.8) is 0 Å². The number of nitrogens with zero attached hydrogens (tertiary/aromatic N) is 3. The van der Waals surface area contributed by atoms with Crippen molar-refractivity contribution in [2.75, 3.05) is 6.61 Å². The van der Waals surface area contributed by atoms with Gasteiger partial charge in [0.25, 0.3) is 5.91 Å². The Morgan fingerprint density at radius 2 is 2.35 bits per heavy atom. The second-order valence-corrected chi connectivity index (χ2v) is 4.17. The van der Waals surface area contributed by atoms with Crippen molar-refractivity contribution in [1.82, 2.24) is 20.4 Å². The minimum Gasteiger partial charge on any atom is -0.490 e. The Morgan fingerprint density at radius 1 is 1.55 bits per heavy atom. The summed E-state index contributed by atoms with van der Waals surface area (Å²) in [4.78, 5) is 11.2. The third kappa shape index (κ3) is 3.43. The van der Waals surface area contributed by atoms with Crippen molar-refractivity contribution in [1.29, 1.82) is 0 Å². The van der Waals surface area contributed by atoms with E-state index in [1.807, 2.05) is 5.43 Å². The largest absolute Gasteiger partial charge is 0.490 e. The number of hydrogen-bond acceptors (Lipinski definition) is 5. The van der Waals surface area contributed by atoms with Crippen LogP contribution in [0.25, 0.3) is 0 Å². The summed E-state index contributed by atoms with van der Waals surface area (Å²) in [5.41, 5.74) is 2.05. The van der Waals surface area contributed by atoms with Crippen LogP contribution in [-0.4, -0.2) is 27.5 Å². The quantitative estimate of drug-likeness (QED) is 0.483. The van der Waals surface area contributed by atoms with E-state index in [0.717, 1.165) is 6.07 Å². The van der Waals surface area contributed by atoms with E-state index in [-0.39, 0.29) is 17.3 Å². The molecule has 7 nitrogen and oxygen atoms in total. The number of amides is 1. The van der Waals surface area contributed by atoms with Gasteiger partial charge in [0.1, 0.15) is 18.2 Å². The molecule has 9 heteroatoms. The minimum atomic E-state index is -0.529. The second kappa shape index (κ2) is 6.31. The number of carbonyl (C=O) groups is 1. The number of hydrogen-bond donors (Lipinski definition) is 2. The molecular weight excluding hydrogens is 289 g/mol. The highest BCUT2D eigenvalue weighted by atomic mass is 35.5. The van der Waals surface area contributed by atoms with Crippen LogP contribution in [0.4, 0.5) is 4.39 Å². The normalized spacial score (nSPS) is 10.3. The van der Waals surface area contributed by atoms with E-state index in [1.54, 1.807) is 0 Å². The van der Waals surface area contributed by atoms with E-state index in [9.17, 15) is 9.18 Å². The van der Waals surface area contributed by atoms with Gasteiger partial charge >= 0.3 is 0 Å². The molecule has 1 aromatic carbocycles. The standard InChI is InChI=1S/C11H11ClFN5O2/c12-8-5-7(13)1-2-10(8)20-4-3-18-6-9(16-17-18)11(19)15-14/h1-2,5-6H,3-4,14H2,(H,15,19). The van der Waals surface area contributed by atoms with Crippen LogP contribution in [0.2, 0.25) is 5.02 Å². The molecule has 0 spiro atoms. The predicted octanol–water partition coefficient (Wildman–Crippen LogP) is 0.753. The van der Waals surface area contributed by atoms with Crippen molar-refractivity contribution in [3.8, 4) is 5.75 Å². The molecule has 2 aromatic rings. The molecule has 2 rings (SSSR count). The van der Waals surface area contributed by atoms with Crippen molar-refractivity contribution >= 4 is 17.5 Å². The van der Waals surface area contributed by atoms with E-state index in [0.29, 0.717) is 12.3 Å². The zero-order valence-electron chi connectivity index (χ0n) is 10.2. The van der Waals surface area contributed by atoms with E-state index in [2.05, 4.69) is 10.3 Å². The van der Waals surface area contributed by atoms with Crippen molar-refractivity contribution in [3.05, 3.63) is 40.9 Å². The average Bonchev–Trinajstić information content (AvgIpc) is 2.89. The van der Waals surface area contributed by atoms with Gasteiger partial charge in [-0.05, 0) is 18.2 Å². The fourth-order valence-electron chi connectivity index (χ4n) is 1.43. The second-order valence-electron chi connectivity index (χ2n) is 3.76. The summed E-state index contributed by atoms with van der Waals surface area (Å²) in [6.45, 7) is 0.580. The lowest BCUT2D eigenvalue weighted by atomic mass is 10.3. The Morgan fingerprint density at radius 3 is 3.05 bits per heavy atom. The van der Waals surface area contributed by atoms with Gasteiger partial charge in [-0.15, -0.1) is 5.10 Å². The van der Waals surface area contributed by atoms with Crippen LogP contribution in [0.15, 0.2) is 24.4 Å². The molecular formula is C11H11ClFN5O2. The highest BCUT2D eigenvalue weighted by molar-refractivity contribution is 6.32. The Labute approximate surface area is 118 Å². The third-order valence-corrected chi connectivity index (χ3v) is 2.67. The molecule has 0 bridgehead atoms. The maximum absolute atomic E-state index is 12.8. The lowest BCUT2D eigenvalue weighted by molar-refractivity contribution is 0.0948. The van der Waals surface area contributed by atoms with Crippen molar-refractivity contribution in [2.24, 2.45) is 5.84 Å². The molecule has 0 saturated carbocycles. The summed E-state index contributed by atoms with van der Waals surface area (Å²) in [5.74, 6) is 4.38. The Hall–Kier alpha value is -2.19. The summed E-state index contributed by atoms with van der Waals surface area (Å²) in [5, 5.41) is 7.55. The molecule has 0 fully saturated rings. The monoisotopic (exact) mass is 299 g/mol. The lowest BCUT2D eigenvalue weighted by Crippen LogP contribution is -2.30. The molecule has 0 aliphatic heterocycles. The molecule has 0 unspecified atom stereocenters. The number of nitrogen functional groups attached to an aromatic ring is 1. The molecule has 0 aliphatic carbocycles. The first-order chi connectivity index (χ1) is 9.60. The Balaban J connectivity index is 1.89. The molecule has 1 aromatic heterocycles. The Kier molecular flexibility index (Phi) is 4.49. The van der Waals surface area contributed by atoms with E-state index in [1.165, 1.54) is 23.0 Å². The molecule has 0 saturated heterocycles. The molecule has 0 radical (unpaired) electrons. The number of carbonyl (C=O) groups excluding carboxylic acids is 1. The zero-order valence-corrected chi connectivity index (χ0v) is 11.0. The number of benzene rings is 1. The van der Waals surface area contributed by atoms with Crippen LogP contribution in [0.3, 0.4) is 0 Å². The van der Waals surface area contributed by atoms with Crippen LogP contribution in [-0.2, 0) is 6.54 Å². The van der Waals surface area contributed by atoms with Gasteiger partial charge in [0.15, 0.2) is 5.69 Å². The van der Waals surface area contributed by atoms with Gasteiger partial charge < -0.3 is 4.74 Å². The van der Waals surface area contributed by atoms with Gasteiger partial charge in [-0.2, -0.15) is 0 Å². The highest BCUT2D eigenvalue weighted by Gasteiger charge is 2.09. The van der Waals surface area contributed by atoms with Gasteiger partial charge in [-0.25, -0.2) is 14.9 Å². The fourth-order valence-corrected chi connectivity index (χ4v) is 1.65. The smallest absolute Gasteiger partial charge is 0.287 e. The van der Waals surface area contributed by atoms with E-state index >= 15 is 0 Å². The summed E-state index contributed by atoms with van der Waals surface area (Å²) >= 11 is 5.81. The number of rotatable bonds is 5. The highest BCUT2D eigenvalue weighted by Crippen LogP contribution is 2.24. The number of aromatic nitrogens is 3. The van der Waals surface area contributed by atoms with Crippen LogP contribution in [0.5, 0.6) is 5.75 Å². The van der Waals surface area contributed by atoms with Crippen LogP contribution in [0, 0.1) is 5.82 Å². The molecule has 20 heavy (non-hydrogen) atoms. The third-order valence-electron chi connectivity index (χ3n) is 2.37. The number of halogens is 2. The van der Waals surface area contributed by atoms with Crippen LogP contribution in [0.1, 0.15) is 10.5 Å². The maximum atomic E-state index is 12.8. The van der Waals surface area contributed by atoms with E-state index < -0.39 is 11.7 Å². The number of nitrogens with one attached hydrogen (secondary N) is 1. The van der Waals surface area contributed by atoms with Crippen LogP contribution < -0.4 is 16.0 Å². The molecule has 3 N–H and O–H groups in total. The van der Waals surface area contributed by atoms with Crippen molar-refractivity contribution < 1.29 is 13.9 Å². The van der Waals surface area contributed by atoms with Crippen LogP contribution >= 0.6 is 11.6 Å². The predicted molar refractivity (Wildman–Crippen MR) is 68.6 cm³/mol. The molecule has 1 amide bonds. The summed E-state index contributed by atoms with van der Waals surface area (Å²) in [7, 11) is 0. The van der Waals surface area contributed by atoms with Gasteiger partial charge in [0, 0.05) is 0 Å². The first-order valence-corrected chi connectivity index (χ1v) is 5.97. The first kappa shape index (κ1) is 14.2. The number of hydrazine groups is 1. The fraction of sp³-hybridized carbons (Fsp3) is 0.182. The zero-order chi connectivity index (χ0) is 14.5. The SMILES string of the molecule is NNC(=O)c1cn(CCOc2ccc(F)cc2Cl)nn1.